The molecule has 6 nitrogen and oxygen atoms in total. The van der Waals surface area contributed by atoms with Gasteiger partial charge in [0.1, 0.15) is 0 Å². The molecule has 0 atom stereocenters. The number of fused-ring (bicyclic) bond motifs is 1. The molecule has 6 heteroatoms. The molecule has 2 aromatic heterocycles. The Morgan fingerprint density at radius 1 is 1.27 bits per heavy atom. The Labute approximate surface area is 128 Å². The van der Waals surface area contributed by atoms with Crippen LogP contribution in [0.5, 0.6) is 0 Å². The van der Waals surface area contributed by atoms with Gasteiger partial charge in [-0.3, -0.25) is 9.78 Å². The number of benzene rings is 1. The van der Waals surface area contributed by atoms with Crippen molar-refractivity contribution >= 4 is 16.8 Å². The summed E-state index contributed by atoms with van der Waals surface area (Å²) in [6.45, 7) is 4.52. The molecule has 0 aliphatic carbocycles. The largest absolute Gasteiger partial charge is 0.352 e. The highest BCUT2D eigenvalue weighted by Crippen LogP contribution is 2.19. The maximum absolute atomic E-state index is 12.2. The number of aromatic amines is 1. The van der Waals surface area contributed by atoms with E-state index in [-0.39, 0.29) is 5.91 Å². The van der Waals surface area contributed by atoms with Crippen LogP contribution in [0.2, 0.25) is 0 Å². The van der Waals surface area contributed by atoms with Crippen molar-refractivity contribution in [2.24, 2.45) is 0 Å². The Kier molecular flexibility index (Phi) is 3.82. The zero-order valence-electron chi connectivity index (χ0n) is 12.6. The lowest BCUT2D eigenvalue weighted by molar-refractivity contribution is 0.0954. The first-order chi connectivity index (χ1) is 10.6. The van der Waals surface area contributed by atoms with Crippen LogP contribution < -0.4 is 5.32 Å². The molecule has 2 heterocycles. The molecule has 0 fully saturated rings. The average Bonchev–Trinajstić information content (AvgIpc) is 2.99. The molecule has 0 saturated heterocycles. The minimum absolute atomic E-state index is 0.105. The van der Waals surface area contributed by atoms with Crippen molar-refractivity contribution in [3.63, 3.8) is 0 Å². The van der Waals surface area contributed by atoms with Crippen molar-refractivity contribution in [3.05, 3.63) is 53.0 Å². The van der Waals surface area contributed by atoms with Crippen LogP contribution in [0, 0.1) is 13.8 Å². The number of aryl methyl sites for hydroxylation is 2. The van der Waals surface area contributed by atoms with Gasteiger partial charge in [0, 0.05) is 29.6 Å². The predicted octanol–water partition coefficient (Wildman–Crippen LogP) is 1.94. The summed E-state index contributed by atoms with van der Waals surface area (Å²) in [6.07, 6.45) is 2.30. The van der Waals surface area contributed by atoms with Gasteiger partial charge in [0.05, 0.1) is 17.4 Å². The summed E-state index contributed by atoms with van der Waals surface area (Å²) in [5.74, 6) is -0.105. The van der Waals surface area contributed by atoms with E-state index in [1.54, 1.807) is 6.20 Å². The summed E-state index contributed by atoms with van der Waals surface area (Å²) >= 11 is 0. The van der Waals surface area contributed by atoms with Crippen LogP contribution in [0.1, 0.15) is 27.3 Å². The van der Waals surface area contributed by atoms with Gasteiger partial charge >= 0.3 is 0 Å². The normalized spacial score (nSPS) is 10.8. The maximum atomic E-state index is 12.2. The average molecular weight is 295 g/mol. The SMILES string of the molecule is Cc1cc(C)c2ccc(C(=O)NCCc3cn[nH]n3)cc2n1. The van der Waals surface area contributed by atoms with Crippen LogP contribution in [-0.2, 0) is 6.42 Å². The summed E-state index contributed by atoms with van der Waals surface area (Å²) in [5.41, 5.74) is 4.41. The summed E-state index contributed by atoms with van der Waals surface area (Å²) < 4.78 is 0. The summed E-state index contributed by atoms with van der Waals surface area (Å²) in [6, 6.07) is 7.65. The number of aromatic nitrogens is 4. The van der Waals surface area contributed by atoms with Gasteiger partial charge in [-0.05, 0) is 37.6 Å². The van der Waals surface area contributed by atoms with Crippen LogP contribution in [0.15, 0.2) is 30.5 Å². The second kappa shape index (κ2) is 5.93. The zero-order chi connectivity index (χ0) is 15.5. The molecular weight excluding hydrogens is 278 g/mol. The van der Waals surface area contributed by atoms with Crippen LogP contribution in [0.25, 0.3) is 10.9 Å². The van der Waals surface area contributed by atoms with E-state index in [4.69, 9.17) is 0 Å². The second-order valence-electron chi connectivity index (χ2n) is 5.28. The van der Waals surface area contributed by atoms with E-state index in [0.717, 1.165) is 22.3 Å². The molecule has 0 spiro atoms. The van der Waals surface area contributed by atoms with Crippen molar-refractivity contribution in [1.82, 2.24) is 25.7 Å². The minimum Gasteiger partial charge on any atom is -0.352 e. The number of pyridine rings is 1. The molecular formula is C16H17N5O. The van der Waals surface area contributed by atoms with E-state index >= 15 is 0 Å². The van der Waals surface area contributed by atoms with E-state index in [1.165, 1.54) is 5.56 Å². The van der Waals surface area contributed by atoms with Crippen molar-refractivity contribution in [3.8, 4) is 0 Å². The molecule has 0 unspecified atom stereocenters. The van der Waals surface area contributed by atoms with E-state index in [9.17, 15) is 4.79 Å². The smallest absolute Gasteiger partial charge is 0.251 e. The van der Waals surface area contributed by atoms with Gasteiger partial charge in [-0.2, -0.15) is 15.4 Å². The Hall–Kier alpha value is -2.76. The van der Waals surface area contributed by atoms with Gasteiger partial charge in [0.2, 0.25) is 0 Å². The Morgan fingerprint density at radius 2 is 2.14 bits per heavy atom. The monoisotopic (exact) mass is 295 g/mol. The lowest BCUT2D eigenvalue weighted by Gasteiger charge is -2.07. The Bertz CT molecular complexity index is 811. The molecule has 0 aliphatic rings. The van der Waals surface area contributed by atoms with E-state index in [0.29, 0.717) is 18.5 Å². The van der Waals surface area contributed by atoms with Crippen LogP contribution >= 0.6 is 0 Å². The molecule has 1 amide bonds. The first-order valence-electron chi connectivity index (χ1n) is 7.14. The van der Waals surface area contributed by atoms with Crippen LogP contribution in [0.3, 0.4) is 0 Å². The molecule has 0 bridgehead atoms. The van der Waals surface area contributed by atoms with E-state index in [2.05, 4.69) is 32.6 Å². The Balaban J connectivity index is 1.73. The van der Waals surface area contributed by atoms with Crippen LogP contribution in [0.4, 0.5) is 0 Å². The summed E-state index contributed by atoms with van der Waals surface area (Å²) in [5, 5.41) is 14.2. The van der Waals surface area contributed by atoms with Gasteiger partial charge in [0.15, 0.2) is 0 Å². The van der Waals surface area contributed by atoms with E-state index in [1.807, 2.05) is 31.2 Å². The van der Waals surface area contributed by atoms with Crippen molar-refractivity contribution < 1.29 is 4.79 Å². The number of hydrogen-bond donors (Lipinski definition) is 2. The van der Waals surface area contributed by atoms with Gasteiger partial charge in [0.25, 0.3) is 5.91 Å². The number of nitrogens with zero attached hydrogens (tertiary/aromatic N) is 3. The van der Waals surface area contributed by atoms with Gasteiger partial charge < -0.3 is 5.32 Å². The molecule has 22 heavy (non-hydrogen) atoms. The zero-order valence-corrected chi connectivity index (χ0v) is 12.6. The number of rotatable bonds is 4. The topological polar surface area (TPSA) is 83.6 Å². The van der Waals surface area contributed by atoms with Gasteiger partial charge in [-0.1, -0.05) is 6.07 Å². The molecule has 2 N–H and O–H groups in total. The highest BCUT2D eigenvalue weighted by atomic mass is 16.1. The number of hydrogen-bond acceptors (Lipinski definition) is 4. The second-order valence-corrected chi connectivity index (χ2v) is 5.28. The quantitative estimate of drug-likeness (QED) is 0.770. The number of carbonyl (C=O) groups is 1. The third-order valence-electron chi connectivity index (χ3n) is 3.54. The molecule has 112 valence electrons. The highest BCUT2D eigenvalue weighted by Gasteiger charge is 2.08. The third-order valence-corrected chi connectivity index (χ3v) is 3.54. The molecule has 3 aromatic rings. The molecule has 3 rings (SSSR count). The highest BCUT2D eigenvalue weighted by molar-refractivity contribution is 5.98. The molecule has 0 radical (unpaired) electrons. The van der Waals surface area contributed by atoms with Gasteiger partial charge in [-0.15, -0.1) is 0 Å². The summed E-state index contributed by atoms with van der Waals surface area (Å²) in [4.78, 5) is 16.7. The number of H-pyrrole nitrogens is 1. The number of amides is 1. The fourth-order valence-corrected chi connectivity index (χ4v) is 2.46. The molecule has 0 saturated carbocycles. The Morgan fingerprint density at radius 3 is 2.91 bits per heavy atom. The van der Waals surface area contributed by atoms with Crippen molar-refractivity contribution in [2.45, 2.75) is 20.3 Å². The molecule has 1 aromatic carbocycles. The van der Waals surface area contributed by atoms with Gasteiger partial charge in [-0.25, -0.2) is 0 Å². The minimum atomic E-state index is -0.105. The predicted molar refractivity (Wildman–Crippen MR) is 83.6 cm³/mol. The van der Waals surface area contributed by atoms with Crippen molar-refractivity contribution in [2.75, 3.05) is 6.54 Å². The maximum Gasteiger partial charge on any atom is 0.251 e. The number of carbonyl (C=O) groups excluding carboxylic acids is 1. The lowest BCUT2D eigenvalue weighted by Crippen LogP contribution is -2.25. The lowest BCUT2D eigenvalue weighted by atomic mass is 10.1. The fraction of sp³-hybridized carbons (Fsp3) is 0.250. The number of nitrogens with one attached hydrogen (secondary N) is 2. The first-order valence-corrected chi connectivity index (χ1v) is 7.14. The standard InChI is InChI=1S/C16H17N5O/c1-10-7-11(2)19-15-8-12(3-4-14(10)15)16(22)17-6-5-13-9-18-21-20-13/h3-4,7-9H,5-6H2,1-2H3,(H,17,22)(H,18,20,21). The fourth-order valence-electron chi connectivity index (χ4n) is 2.46. The third kappa shape index (κ3) is 2.95. The van der Waals surface area contributed by atoms with E-state index < -0.39 is 0 Å². The van der Waals surface area contributed by atoms with Crippen LogP contribution in [-0.4, -0.2) is 32.8 Å². The molecule has 0 aliphatic heterocycles. The summed E-state index contributed by atoms with van der Waals surface area (Å²) in [7, 11) is 0. The first kappa shape index (κ1) is 14.2. The van der Waals surface area contributed by atoms with Crippen molar-refractivity contribution in [1.29, 1.82) is 0 Å².